The zero-order valence-electron chi connectivity index (χ0n) is 29.0. The number of phenols is 1. The lowest BCUT2D eigenvalue weighted by atomic mass is 10.0. The molecule has 1 aromatic heterocycles. The van der Waals surface area contributed by atoms with Crippen LogP contribution in [0.15, 0.2) is 91.4 Å². The lowest BCUT2D eigenvalue weighted by Gasteiger charge is -2.31. The summed E-state index contributed by atoms with van der Waals surface area (Å²) in [4.78, 5) is 49.6. The number of anilines is 1. The molecule has 6 N–H and O–H groups in total. The van der Waals surface area contributed by atoms with Crippen molar-refractivity contribution in [3.05, 3.63) is 103 Å². The van der Waals surface area contributed by atoms with E-state index in [1.807, 2.05) is 54.6 Å². The second-order valence-corrected chi connectivity index (χ2v) is 12.9. The summed E-state index contributed by atoms with van der Waals surface area (Å²) >= 11 is 0. The number of benzene rings is 3. The minimum atomic E-state index is -0.712. The number of carbonyl (C=O) groups is 3. The van der Waals surface area contributed by atoms with E-state index >= 15 is 0 Å². The number of carbonyl (C=O) groups excluding carboxylic acids is 3. The van der Waals surface area contributed by atoms with E-state index in [0.717, 1.165) is 67.6 Å². The van der Waals surface area contributed by atoms with Crippen molar-refractivity contribution in [1.29, 1.82) is 0 Å². The Balaban J connectivity index is 0.953. The van der Waals surface area contributed by atoms with Gasteiger partial charge in [0.15, 0.2) is 0 Å². The molecule has 1 atom stereocenters. The van der Waals surface area contributed by atoms with Gasteiger partial charge in [-0.25, -0.2) is 9.78 Å². The Kier molecular flexibility index (Phi) is 14.0. The predicted octanol–water partition coefficient (Wildman–Crippen LogP) is 5.07. The molecule has 2 heterocycles. The van der Waals surface area contributed by atoms with E-state index < -0.39 is 12.1 Å². The second-order valence-electron chi connectivity index (χ2n) is 12.9. The summed E-state index contributed by atoms with van der Waals surface area (Å²) in [6.45, 7) is 3.67. The van der Waals surface area contributed by atoms with Crippen molar-refractivity contribution >= 4 is 23.6 Å². The maximum Gasteiger partial charge on any atom is 0.411 e. The van der Waals surface area contributed by atoms with E-state index in [4.69, 9.17) is 10.5 Å². The molecule has 0 radical (unpaired) electrons. The summed E-state index contributed by atoms with van der Waals surface area (Å²) in [6, 6.07) is 23.7. The highest BCUT2D eigenvalue weighted by Crippen LogP contribution is 2.28. The molecule has 0 bridgehead atoms. The number of phenolic OH excluding ortho intramolecular Hbond substituents is 1. The number of para-hydroxylation sites is 1. The molecule has 12 nitrogen and oxygen atoms in total. The number of nitrogens with one attached hydrogen (secondary N) is 3. The summed E-state index contributed by atoms with van der Waals surface area (Å²) in [5.74, 6) is 0.0351. The quantitative estimate of drug-likeness (QED) is 0.0956. The number of aromatic nitrogens is 2. The Morgan fingerprint density at radius 2 is 1.73 bits per heavy atom. The van der Waals surface area contributed by atoms with E-state index in [9.17, 15) is 19.5 Å². The molecule has 12 heteroatoms. The number of imidazole rings is 1. The number of nitrogens with two attached hydrogens (primary N) is 1. The van der Waals surface area contributed by atoms with E-state index in [0.29, 0.717) is 44.7 Å². The molecule has 4 aromatic rings. The fourth-order valence-corrected chi connectivity index (χ4v) is 6.22. The van der Waals surface area contributed by atoms with Crippen molar-refractivity contribution in [2.45, 2.75) is 63.6 Å². The van der Waals surface area contributed by atoms with Gasteiger partial charge < -0.3 is 35.7 Å². The van der Waals surface area contributed by atoms with Gasteiger partial charge in [-0.2, -0.15) is 0 Å². The number of amides is 3. The minimum absolute atomic E-state index is 0.0123. The number of hydrogen-bond acceptors (Lipinski definition) is 8. The van der Waals surface area contributed by atoms with E-state index in [-0.39, 0.29) is 23.7 Å². The Bertz CT molecular complexity index is 1660. The molecule has 0 unspecified atom stereocenters. The number of aromatic amines is 1. The van der Waals surface area contributed by atoms with Crippen molar-refractivity contribution < 1.29 is 24.2 Å². The van der Waals surface area contributed by atoms with Gasteiger partial charge in [0.25, 0.3) is 0 Å². The monoisotopic (exact) mass is 695 g/mol. The third kappa shape index (κ3) is 12.0. The molecule has 1 aliphatic rings. The van der Waals surface area contributed by atoms with Crippen LogP contribution in [-0.4, -0.2) is 87.7 Å². The Hall–Kier alpha value is -5.20. The average Bonchev–Trinajstić information content (AvgIpc) is 3.66. The molecule has 1 aliphatic heterocycles. The molecule has 1 saturated heterocycles. The standard InChI is InChI=1S/C39H49N7O5/c40-35(25-31-26-41-28-43-31)38(49)46(27-29-13-15-32(47)16-14-29)21-8-2-7-20-42-37(48)19-24-45-22-17-33(18-23-45)51-39(50)44-36-12-6-5-11-34(36)30-9-3-1-4-10-30/h1,3-6,9-16,26,28,33,35,47H,2,7-8,17-25,27,40H2,(H,41,43)(H,42,48)(H,44,50)/t35-/m0/s1. The zero-order valence-corrected chi connectivity index (χ0v) is 29.0. The minimum Gasteiger partial charge on any atom is -0.508 e. The van der Waals surface area contributed by atoms with Crippen LogP contribution in [0.1, 0.15) is 49.8 Å². The van der Waals surface area contributed by atoms with E-state index in [2.05, 4.69) is 25.5 Å². The summed E-state index contributed by atoms with van der Waals surface area (Å²) in [5.41, 5.74) is 10.6. The molecule has 0 spiro atoms. The van der Waals surface area contributed by atoms with Crippen molar-refractivity contribution in [2.75, 3.05) is 38.0 Å². The molecule has 5 rings (SSSR count). The fraction of sp³-hybridized carbons (Fsp3) is 0.385. The van der Waals surface area contributed by atoms with Crippen molar-refractivity contribution in [1.82, 2.24) is 25.1 Å². The van der Waals surface area contributed by atoms with Crippen LogP contribution in [0.5, 0.6) is 5.75 Å². The van der Waals surface area contributed by atoms with Gasteiger partial charge >= 0.3 is 6.09 Å². The first kappa shape index (κ1) is 37.1. The number of likely N-dealkylation sites (tertiary alicyclic amines) is 1. The smallest absolute Gasteiger partial charge is 0.411 e. The van der Waals surface area contributed by atoms with Gasteiger partial charge in [0.2, 0.25) is 11.8 Å². The van der Waals surface area contributed by atoms with Crippen LogP contribution >= 0.6 is 0 Å². The van der Waals surface area contributed by atoms with Crippen LogP contribution in [0.25, 0.3) is 11.1 Å². The molecular formula is C39H49N7O5. The first-order valence-electron chi connectivity index (χ1n) is 17.7. The normalized spacial score (nSPS) is 14.1. The van der Waals surface area contributed by atoms with Gasteiger partial charge in [0.05, 0.1) is 23.8 Å². The van der Waals surface area contributed by atoms with Crippen LogP contribution < -0.4 is 16.4 Å². The fourth-order valence-electron chi connectivity index (χ4n) is 6.22. The second kappa shape index (κ2) is 19.3. The third-order valence-electron chi connectivity index (χ3n) is 9.06. The van der Waals surface area contributed by atoms with Gasteiger partial charge in [-0.1, -0.05) is 60.7 Å². The number of piperidine rings is 1. The van der Waals surface area contributed by atoms with Crippen molar-refractivity contribution in [2.24, 2.45) is 5.73 Å². The SMILES string of the molecule is N[C@@H](Cc1c[nH]cn1)C(=O)N(CCCCCNC(=O)CCN1CCC(OC(=O)Nc2ccccc2-c2ccccc2)CC1)Cc1ccc(O)cc1. The van der Waals surface area contributed by atoms with Crippen molar-refractivity contribution in [3.63, 3.8) is 0 Å². The highest BCUT2D eigenvalue weighted by atomic mass is 16.6. The van der Waals surface area contributed by atoms with Gasteiger partial charge in [-0.05, 0) is 61.4 Å². The third-order valence-corrected chi connectivity index (χ3v) is 9.06. The molecule has 0 saturated carbocycles. The Morgan fingerprint density at radius 1 is 0.980 bits per heavy atom. The van der Waals surface area contributed by atoms with Gasteiger partial charge in [0.1, 0.15) is 11.9 Å². The van der Waals surface area contributed by atoms with Crippen LogP contribution in [0.2, 0.25) is 0 Å². The number of hydrogen-bond donors (Lipinski definition) is 5. The Labute approximate surface area is 299 Å². The molecule has 3 amide bonds. The number of ether oxygens (including phenoxy) is 1. The topological polar surface area (TPSA) is 166 Å². The number of unbranched alkanes of at least 4 members (excludes halogenated alkanes) is 2. The molecule has 0 aliphatic carbocycles. The van der Waals surface area contributed by atoms with Crippen LogP contribution in [0.3, 0.4) is 0 Å². The summed E-state index contributed by atoms with van der Waals surface area (Å²) in [6.07, 6.45) is 7.27. The maximum atomic E-state index is 13.3. The van der Waals surface area contributed by atoms with E-state index in [1.54, 1.807) is 41.7 Å². The molecule has 51 heavy (non-hydrogen) atoms. The highest BCUT2D eigenvalue weighted by molar-refractivity contribution is 5.91. The first-order valence-corrected chi connectivity index (χ1v) is 17.7. The Morgan fingerprint density at radius 3 is 2.47 bits per heavy atom. The van der Waals surface area contributed by atoms with Crippen LogP contribution in [0, 0.1) is 0 Å². The van der Waals surface area contributed by atoms with Crippen LogP contribution in [-0.2, 0) is 27.3 Å². The maximum absolute atomic E-state index is 13.3. The molecule has 270 valence electrons. The lowest BCUT2D eigenvalue weighted by Crippen LogP contribution is -2.45. The average molecular weight is 696 g/mol. The number of aromatic hydroxyl groups is 1. The van der Waals surface area contributed by atoms with Gasteiger partial charge in [0, 0.05) is 63.9 Å². The summed E-state index contributed by atoms with van der Waals surface area (Å²) < 4.78 is 5.74. The van der Waals surface area contributed by atoms with Crippen molar-refractivity contribution in [3.8, 4) is 16.9 Å². The highest BCUT2D eigenvalue weighted by Gasteiger charge is 2.24. The first-order chi connectivity index (χ1) is 24.8. The largest absolute Gasteiger partial charge is 0.508 e. The molecular weight excluding hydrogens is 646 g/mol. The lowest BCUT2D eigenvalue weighted by molar-refractivity contribution is -0.133. The molecule has 3 aromatic carbocycles. The molecule has 1 fully saturated rings. The van der Waals surface area contributed by atoms with E-state index in [1.165, 1.54) is 0 Å². The van der Waals surface area contributed by atoms with Gasteiger partial charge in [-0.3, -0.25) is 14.9 Å². The summed E-state index contributed by atoms with van der Waals surface area (Å²) in [5, 5.41) is 15.6. The van der Waals surface area contributed by atoms with Gasteiger partial charge in [-0.15, -0.1) is 0 Å². The number of H-pyrrole nitrogens is 1. The number of nitrogens with zero attached hydrogens (tertiary/aromatic N) is 3. The predicted molar refractivity (Wildman–Crippen MR) is 197 cm³/mol. The number of rotatable bonds is 17. The van der Waals surface area contributed by atoms with Crippen LogP contribution in [0.4, 0.5) is 10.5 Å². The zero-order chi connectivity index (χ0) is 35.8. The summed E-state index contributed by atoms with van der Waals surface area (Å²) in [7, 11) is 0.